The van der Waals surface area contributed by atoms with Crippen molar-refractivity contribution < 1.29 is 13.0 Å². The Balaban J connectivity index is 3.38. The molecule has 0 fully saturated rings. The van der Waals surface area contributed by atoms with Crippen molar-refractivity contribution in [2.45, 2.75) is 31.6 Å². The van der Waals surface area contributed by atoms with Gasteiger partial charge in [0.05, 0.1) is 11.4 Å². The van der Waals surface area contributed by atoms with Crippen LogP contribution in [0.3, 0.4) is 0 Å². The molecule has 5 nitrogen and oxygen atoms in total. The van der Waals surface area contributed by atoms with E-state index in [1.54, 1.807) is 13.8 Å². The second kappa shape index (κ2) is 3.47. The van der Waals surface area contributed by atoms with Gasteiger partial charge in [0.2, 0.25) is 0 Å². The minimum absolute atomic E-state index is 0.0579. The van der Waals surface area contributed by atoms with Crippen LogP contribution in [0.5, 0.6) is 0 Å². The van der Waals surface area contributed by atoms with Gasteiger partial charge in [-0.25, -0.2) is 0 Å². The normalized spacial score (nSPS) is 11.9. The van der Waals surface area contributed by atoms with Crippen molar-refractivity contribution in [3.63, 3.8) is 0 Å². The number of nitrogens with zero attached hydrogens (tertiary/aromatic N) is 1. The molecule has 2 N–H and O–H groups in total. The molecule has 0 amide bonds. The molecule has 0 aliphatic rings. The second-order valence-electron chi connectivity index (χ2n) is 2.66. The summed E-state index contributed by atoms with van der Waals surface area (Å²) in [6.45, 7) is 3.58. The summed E-state index contributed by atoms with van der Waals surface area (Å²) in [4.78, 5) is -0.0579. The van der Waals surface area contributed by atoms with E-state index in [9.17, 15) is 8.42 Å². The van der Waals surface area contributed by atoms with Crippen LogP contribution in [0.2, 0.25) is 0 Å². The van der Waals surface area contributed by atoms with Gasteiger partial charge in [-0.1, -0.05) is 13.8 Å². The van der Waals surface area contributed by atoms with E-state index in [4.69, 9.17) is 4.55 Å². The molecule has 1 rings (SSSR count). The zero-order valence-electron chi connectivity index (χ0n) is 7.53. The Bertz CT molecular complexity index is 372. The third-order valence-corrected chi connectivity index (χ3v) is 2.81. The van der Waals surface area contributed by atoms with Crippen LogP contribution in [0.1, 0.15) is 25.2 Å². The molecule has 1 aromatic rings. The van der Waals surface area contributed by atoms with E-state index in [1.165, 1.54) is 0 Å². The number of hydrogen-bond acceptors (Lipinski definition) is 3. The topological polar surface area (TPSA) is 83.0 Å². The molecule has 0 saturated carbocycles. The average molecular weight is 204 g/mol. The first kappa shape index (κ1) is 10.2. The first-order valence-electron chi connectivity index (χ1n) is 4.04. The highest BCUT2D eigenvalue weighted by molar-refractivity contribution is 7.86. The van der Waals surface area contributed by atoms with Crippen molar-refractivity contribution in [2.24, 2.45) is 0 Å². The quantitative estimate of drug-likeness (QED) is 0.713. The summed E-state index contributed by atoms with van der Waals surface area (Å²) < 4.78 is 30.8. The van der Waals surface area contributed by atoms with E-state index in [1.807, 2.05) is 0 Å². The van der Waals surface area contributed by atoms with Crippen molar-refractivity contribution in [3.05, 3.63) is 11.4 Å². The van der Waals surface area contributed by atoms with Crippen molar-refractivity contribution in [2.75, 3.05) is 0 Å². The van der Waals surface area contributed by atoms with Crippen LogP contribution >= 0.6 is 0 Å². The molecule has 0 spiro atoms. The monoisotopic (exact) mass is 204 g/mol. The molecule has 0 saturated heterocycles. The van der Waals surface area contributed by atoms with Gasteiger partial charge >= 0.3 is 0 Å². The maximum absolute atomic E-state index is 10.9. The minimum atomic E-state index is -4.14. The molecule has 74 valence electrons. The molecule has 0 atom stereocenters. The van der Waals surface area contributed by atoms with Gasteiger partial charge in [0, 0.05) is 0 Å². The number of aryl methyl sites for hydroxylation is 2. The van der Waals surface area contributed by atoms with Crippen LogP contribution < -0.4 is 0 Å². The fraction of sp³-hybridized carbons (Fsp3) is 0.571. The molecule has 6 heteroatoms. The molecule has 0 aliphatic heterocycles. The van der Waals surface area contributed by atoms with Gasteiger partial charge in [-0.15, -0.1) is 0 Å². The van der Waals surface area contributed by atoms with E-state index in [2.05, 4.69) is 10.2 Å². The number of H-pyrrole nitrogens is 1. The summed E-state index contributed by atoms with van der Waals surface area (Å²) in [6.07, 6.45) is 0.980. The largest absolute Gasteiger partial charge is 0.298 e. The Hall–Kier alpha value is -0.880. The fourth-order valence-electron chi connectivity index (χ4n) is 1.19. The van der Waals surface area contributed by atoms with E-state index < -0.39 is 10.1 Å². The Kier molecular flexibility index (Phi) is 2.72. The molecule has 0 unspecified atom stereocenters. The van der Waals surface area contributed by atoms with Gasteiger partial charge in [-0.2, -0.15) is 13.5 Å². The molecule has 0 aliphatic carbocycles. The van der Waals surface area contributed by atoms with Crippen LogP contribution in [-0.2, 0) is 23.0 Å². The Morgan fingerprint density at radius 3 is 2.38 bits per heavy atom. The Morgan fingerprint density at radius 2 is 2.00 bits per heavy atom. The van der Waals surface area contributed by atoms with Crippen molar-refractivity contribution in [1.82, 2.24) is 10.2 Å². The summed E-state index contributed by atoms with van der Waals surface area (Å²) in [5, 5.41) is 6.40. The van der Waals surface area contributed by atoms with E-state index >= 15 is 0 Å². The lowest BCUT2D eigenvalue weighted by atomic mass is 10.3. The number of aromatic amines is 1. The molecule has 1 aromatic heterocycles. The van der Waals surface area contributed by atoms with Crippen molar-refractivity contribution in [3.8, 4) is 0 Å². The molecule has 0 radical (unpaired) electrons. The lowest BCUT2D eigenvalue weighted by molar-refractivity contribution is 0.481. The summed E-state index contributed by atoms with van der Waals surface area (Å²) >= 11 is 0. The summed E-state index contributed by atoms with van der Waals surface area (Å²) in [7, 11) is -4.14. The summed E-state index contributed by atoms with van der Waals surface area (Å²) in [6, 6.07) is 0. The molecule has 0 bridgehead atoms. The number of rotatable bonds is 3. The van der Waals surface area contributed by atoms with Crippen LogP contribution in [0, 0.1) is 0 Å². The van der Waals surface area contributed by atoms with Gasteiger partial charge in [0.1, 0.15) is 4.90 Å². The first-order chi connectivity index (χ1) is 6.00. The van der Waals surface area contributed by atoms with Crippen molar-refractivity contribution >= 4 is 10.1 Å². The SMILES string of the molecule is CCc1n[nH]c(CC)c1S(=O)(=O)O. The zero-order valence-corrected chi connectivity index (χ0v) is 8.35. The predicted octanol–water partition coefficient (Wildman–Crippen LogP) is 0.781. The first-order valence-corrected chi connectivity index (χ1v) is 5.48. The van der Waals surface area contributed by atoms with Gasteiger partial charge in [-0.05, 0) is 12.8 Å². The highest BCUT2D eigenvalue weighted by Crippen LogP contribution is 2.18. The van der Waals surface area contributed by atoms with Crippen molar-refractivity contribution in [1.29, 1.82) is 0 Å². The van der Waals surface area contributed by atoms with Gasteiger partial charge < -0.3 is 0 Å². The van der Waals surface area contributed by atoms with E-state index in [0.29, 0.717) is 24.2 Å². The van der Waals surface area contributed by atoms with Gasteiger partial charge in [0.15, 0.2) is 0 Å². The van der Waals surface area contributed by atoms with Gasteiger partial charge in [0.25, 0.3) is 10.1 Å². The minimum Gasteiger partial charge on any atom is -0.282 e. The second-order valence-corrected chi connectivity index (χ2v) is 4.02. The number of hydrogen-bond donors (Lipinski definition) is 2. The number of aromatic nitrogens is 2. The Morgan fingerprint density at radius 1 is 1.38 bits per heavy atom. The van der Waals surface area contributed by atoms with Crippen LogP contribution in [-0.4, -0.2) is 23.2 Å². The number of nitrogens with one attached hydrogen (secondary N) is 1. The van der Waals surface area contributed by atoms with Crippen LogP contribution in [0.25, 0.3) is 0 Å². The van der Waals surface area contributed by atoms with Crippen LogP contribution in [0.4, 0.5) is 0 Å². The highest BCUT2D eigenvalue weighted by Gasteiger charge is 2.21. The Labute approximate surface area is 76.9 Å². The maximum Gasteiger partial charge on any atom is 0.298 e. The molecule has 1 heterocycles. The average Bonchev–Trinajstić information content (AvgIpc) is 2.45. The molecular formula is C7H12N2O3S. The smallest absolute Gasteiger partial charge is 0.282 e. The lowest BCUT2D eigenvalue weighted by Crippen LogP contribution is -2.03. The fourth-order valence-corrected chi connectivity index (χ4v) is 2.18. The molecule has 0 aromatic carbocycles. The highest BCUT2D eigenvalue weighted by atomic mass is 32.2. The molecule has 13 heavy (non-hydrogen) atoms. The van der Waals surface area contributed by atoms with Crippen LogP contribution in [0.15, 0.2) is 4.90 Å². The van der Waals surface area contributed by atoms with E-state index in [-0.39, 0.29) is 4.90 Å². The summed E-state index contributed by atoms with van der Waals surface area (Å²) in [5.41, 5.74) is 0.846. The lowest BCUT2D eigenvalue weighted by Gasteiger charge is -1.97. The standard InChI is InChI=1S/C7H12N2O3S/c1-3-5-7(13(10,11)12)6(4-2)9-8-5/h3-4H2,1-2H3,(H,8,9)(H,10,11,12). The zero-order chi connectivity index (χ0) is 10.1. The maximum atomic E-state index is 10.9. The van der Waals surface area contributed by atoms with Gasteiger partial charge in [-0.3, -0.25) is 9.65 Å². The predicted molar refractivity (Wildman–Crippen MR) is 47.2 cm³/mol. The molecular weight excluding hydrogens is 192 g/mol. The summed E-state index contributed by atoms with van der Waals surface area (Å²) in [5.74, 6) is 0. The van der Waals surface area contributed by atoms with E-state index in [0.717, 1.165) is 0 Å². The third kappa shape index (κ3) is 1.89. The third-order valence-electron chi connectivity index (χ3n) is 1.81.